The zero-order chi connectivity index (χ0) is 13.8. The van der Waals surface area contributed by atoms with Gasteiger partial charge in [-0.3, -0.25) is 4.79 Å². The van der Waals surface area contributed by atoms with Crippen molar-refractivity contribution in [3.05, 3.63) is 64.9 Å². The van der Waals surface area contributed by atoms with Crippen LogP contribution in [-0.4, -0.2) is 19.4 Å². The van der Waals surface area contributed by atoms with Crippen LogP contribution in [0.2, 0.25) is 5.02 Å². The molecule has 19 heavy (non-hydrogen) atoms. The Labute approximate surface area is 116 Å². The molecule has 2 rings (SSSR count). The van der Waals surface area contributed by atoms with E-state index in [0.717, 1.165) is 0 Å². The molecule has 0 spiro atoms. The number of halogens is 2. The van der Waals surface area contributed by atoms with Gasteiger partial charge in [0.1, 0.15) is 5.82 Å². The molecule has 2 nitrogen and oxygen atoms in total. The van der Waals surface area contributed by atoms with Gasteiger partial charge in [-0.1, -0.05) is 29.8 Å². The quantitative estimate of drug-likeness (QED) is 0.793. The number of hydrogen-bond acceptors (Lipinski definition) is 2. The van der Waals surface area contributed by atoms with Crippen LogP contribution in [0.3, 0.4) is 0 Å². The van der Waals surface area contributed by atoms with E-state index in [-0.39, 0.29) is 18.1 Å². The van der Waals surface area contributed by atoms with Crippen molar-refractivity contribution in [2.75, 3.05) is 18.5 Å². The van der Waals surface area contributed by atoms with Crippen molar-refractivity contribution in [2.45, 2.75) is 0 Å². The molecule has 2 aromatic rings. The number of benzene rings is 2. The highest BCUT2D eigenvalue weighted by molar-refractivity contribution is 6.34. The predicted molar refractivity (Wildman–Crippen MR) is 75.5 cm³/mol. The molecule has 0 heterocycles. The van der Waals surface area contributed by atoms with Crippen LogP contribution in [0.4, 0.5) is 10.1 Å². The standard InChI is InChI=1S/C15H13ClFNO/c1-18(12-6-4-5-11(17)9-12)10-15(19)13-7-2-3-8-14(13)16/h2-9H,10H2,1H3. The van der Waals surface area contributed by atoms with Gasteiger partial charge < -0.3 is 4.90 Å². The molecule has 0 N–H and O–H groups in total. The summed E-state index contributed by atoms with van der Waals surface area (Å²) in [4.78, 5) is 13.8. The third kappa shape index (κ3) is 3.32. The van der Waals surface area contributed by atoms with E-state index in [9.17, 15) is 9.18 Å². The Bertz CT molecular complexity index is 600. The van der Waals surface area contributed by atoms with Crippen LogP contribution < -0.4 is 4.90 Å². The Balaban J connectivity index is 2.13. The SMILES string of the molecule is CN(CC(=O)c1ccccc1Cl)c1cccc(F)c1. The van der Waals surface area contributed by atoms with Crippen molar-refractivity contribution in [3.8, 4) is 0 Å². The van der Waals surface area contributed by atoms with Gasteiger partial charge >= 0.3 is 0 Å². The highest BCUT2D eigenvalue weighted by Gasteiger charge is 2.12. The summed E-state index contributed by atoms with van der Waals surface area (Å²) >= 11 is 5.97. The third-order valence-corrected chi connectivity index (χ3v) is 3.13. The molecule has 0 aliphatic carbocycles. The first-order valence-corrected chi connectivity index (χ1v) is 6.20. The van der Waals surface area contributed by atoms with Crippen LogP contribution in [0.5, 0.6) is 0 Å². The van der Waals surface area contributed by atoms with Crippen molar-refractivity contribution < 1.29 is 9.18 Å². The number of likely N-dealkylation sites (N-methyl/N-ethyl adjacent to an activating group) is 1. The summed E-state index contributed by atoms with van der Waals surface area (Å²) < 4.78 is 13.1. The summed E-state index contributed by atoms with van der Waals surface area (Å²) in [6, 6.07) is 13.0. The molecule has 2 aromatic carbocycles. The molecule has 0 bridgehead atoms. The predicted octanol–water partition coefficient (Wildman–Crippen LogP) is 3.80. The lowest BCUT2D eigenvalue weighted by molar-refractivity contribution is 0.100. The first-order chi connectivity index (χ1) is 9.08. The molecule has 0 amide bonds. The smallest absolute Gasteiger partial charge is 0.183 e. The average Bonchev–Trinajstić information content (AvgIpc) is 2.39. The number of carbonyl (C=O) groups excluding carboxylic acids is 1. The molecule has 0 aromatic heterocycles. The number of Topliss-reactive ketones (excluding diaryl/α,β-unsaturated/α-hetero) is 1. The maximum absolute atomic E-state index is 13.1. The van der Waals surface area contributed by atoms with Crippen LogP contribution in [0.1, 0.15) is 10.4 Å². The van der Waals surface area contributed by atoms with E-state index in [1.807, 2.05) is 0 Å². The van der Waals surface area contributed by atoms with Crippen molar-refractivity contribution in [2.24, 2.45) is 0 Å². The fourth-order valence-corrected chi connectivity index (χ4v) is 2.03. The van der Waals surface area contributed by atoms with Gasteiger partial charge in [0.25, 0.3) is 0 Å². The normalized spacial score (nSPS) is 10.3. The minimum atomic E-state index is -0.324. The van der Waals surface area contributed by atoms with Crippen molar-refractivity contribution in [1.29, 1.82) is 0 Å². The molecule has 0 radical (unpaired) electrons. The number of carbonyl (C=O) groups is 1. The van der Waals surface area contributed by atoms with Gasteiger partial charge in [-0.15, -0.1) is 0 Å². The summed E-state index contributed by atoms with van der Waals surface area (Å²) in [7, 11) is 1.74. The van der Waals surface area contributed by atoms with E-state index < -0.39 is 0 Å². The van der Waals surface area contributed by atoms with Crippen LogP contribution >= 0.6 is 11.6 Å². The van der Waals surface area contributed by atoms with Gasteiger partial charge in [0, 0.05) is 18.3 Å². The summed E-state index contributed by atoms with van der Waals surface area (Å²) in [6.45, 7) is 0.146. The summed E-state index contributed by atoms with van der Waals surface area (Å²) in [5, 5.41) is 0.431. The van der Waals surface area contributed by atoms with E-state index in [1.165, 1.54) is 12.1 Å². The fraction of sp³-hybridized carbons (Fsp3) is 0.133. The van der Waals surface area contributed by atoms with E-state index in [2.05, 4.69) is 0 Å². The minimum Gasteiger partial charge on any atom is -0.367 e. The molecule has 4 heteroatoms. The number of ketones is 1. The van der Waals surface area contributed by atoms with Crippen LogP contribution in [0, 0.1) is 5.82 Å². The van der Waals surface area contributed by atoms with Gasteiger partial charge in [0.2, 0.25) is 0 Å². The Morgan fingerprint density at radius 1 is 1.21 bits per heavy atom. The Kier molecular flexibility index (Phi) is 4.17. The number of anilines is 1. The number of rotatable bonds is 4. The molecule has 0 atom stereocenters. The second-order valence-electron chi connectivity index (χ2n) is 4.24. The maximum Gasteiger partial charge on any atom is 0.183 e. The maximum atomic E-state index is 13.1. The molecule has 0 saturated carbocycles. The first kappa shape index (κ1) is 13.6. The Hall–Kier alpha value is -1.87. The van der Waals surface area contributed by atoms with Crippen molar-refractivity contribution in [3.63, 3.8) is 0 Å². The highest BCUT2D eigenvalue weighted by atomic mass is 35.5. The zero-order valence-electron chi connectivity index (χ0n) is 10.4. The molecule has 0 aliphatic rings. The monoisotopic (exact) mass is 277 g/mol. The first-order valence-electron chi connectivity index (χ1n) is 5.82. The van der Waals surface area contributed by atoms with Crippen LogP contribution in [-0.2, 0) is 0 Å². The Morgan fingerprint density at radius 2 is 1.95 bits per heavy atom. The minimum absolute atomic E-state index is 0.0997. The molecule has 98 valence electrons. The fourth-order valence-electron chi connectivity index (χ4n) is 1.79. The van der Waals surface area contributed by atoms with E-state index in [0.29, 0.717) is 16.3 Å². The summed E-state index contributed by atoms with van der Waals surface area (Å²) in [5.74, 6) is -0.424. The average molecular weight is 278 g/mol. The molecule has 0 fully saturated rings. The molecular formula is C15H13ClFNO. The lowest BCUT2D eigenvalue weighted by Gasteiger charge is -2.18. The topological polar surface area (TPSA) is 20.3 Å². The van der Waals surface area contributed by atoms with Crippen LogP contribution in [0.15, 0.2) is 48.5 Å². The largest absolute Gasteiger partial charge is 0.367 e. The van der Waals surface area contributed by atoms with Crippen LogP contribution in [0.25, 0.3) is 0 Å². The lowest BCUT2D eigenvalue weighted by Crippen LogP contribution is -2.25. The van der Waals surface area contributed by atoms with E-state index >= 15 is 0 Å². The van der Waals surface area contributed by atoms with Gasteiger partial charge in [-0.25, -0.2) is 4.39 Å². The number of nitrogens with zero attached hydrogens (tertiary/aromatic N) is 1. The second kappa shape index (κ2) is 5.85. The van der Waals surface area contributed by atoms with Crippen molar-refractivity contribution >= 4 is 23.1 Å². The van der Waals surface area contributed by atoms with Crippen molar-refractivity contribution in [1.82, 2.24) is 0 Å². The molecule has 0 saturated heterocycles. The number of hydrogen-bond donors (Lipinski definition) is 0. The molecular weight excluding hydrogens is 265 g/mol. The molecule has 0 aliphatic heterocycles. The van der Waals surface area contributed by atoms with Gasteiger partial charge in [0.05, 0.1) is 11.6 Å². The lowest BCUT2D eigenvalue weighted by atomic mass is 10.1. The molecule has 0 unspecified atom stereocenters. The van der Waals surface area contributed by atoms with E-state index in [4.69, 9.17) is 11.6 Å². The van der Waals surface area contributed by atoms with E-state index in [1.54, 1.807) is 48.3 Å². The summed E-state index contributed by atoms with van der Waals surface area (Å²) in [6.07, 6.45) is 0. The highest BCUT2D eigenvalue weighted by Crippen LogP contribution is 2.18. The van der Waals surface area contributed by atoms with Gasteiger partial charge in [0.15, 0.2) is 5.78 Å². The Morgan fingerprint density at radius 3 is 2.63 bits per heavy atom. The zero-order valence-corrected chi connectivity index (χ0v) is 11.2. The van der Waals surface area contributed by atoms with Gasteiger partial charge in [-0.05, 0) is 30.3 Å². The third-order valence-electron chi connectivity index (χ3n) is 2.80. The van der Waals surface area contributed by atoms with Gasteiger partial charge in [-0.2, -0.15) is 0 Å². The summed E-state index contributed by atoms with van der Waals surface area (Å²) in [5.41, 5.74) is 1.13. The second-order valence-corrected chi connectivity index (χ2v) is 4.65.